The molecule has 0 aliphatic rings. The molecule has 88 valence electrons. The molecule has 1 rings (SSSR count). The molecule has 0 atom stereocenters. The number of rotatable bonds is 4. The molecule has 0 radical (unpaired) electrons. The Labute approximate surface area is 95.4 Å². The number of hydrogen-bond donors (Lipinski definition) is 0. The third-order valence-electron chi connectivity index (χ3n) is 2.89. The highest BCUT2D eigenvalue weighted by molar-refractivity contribution is 5.89. The van der Waals surface area contributed by atoms with Crippen LogP contribution < -0.4 is 4.74 Å². The fourth-order valence-corrected chi connectivity index (χ4v) is 1.65. The maximum Gasteiger partial charge on any atom is 0.165 e. The van der Waals surface area contributed by atoms with Gasteiger partial charge >= 0.3 is 0 Å². The fourth-order valence-electron chi connectivity index (χ4n) is 1.65. The summed E-state index contributed by atoms with van der Waals surface area (Å²) >= 11 is 0. The zero-order valence-corrected chi connectivity index (χ0v) is 10.1. The van der Waals surface area contributed by atoms with Crippen LogP contribution in [0, 0.1) is 5.82 Å². The molecule has 1 aromatic carbocycles. The van der Waals surface area contributed by atoms with Crippen LogP contribution in [0.25, 0.3) is 0 Å². The number of Topliss-reactive ketones (excluding diaryl/α,β-unsaturated/α-hetero) is 1. The Morgan fingerprint density at radius 2 is 2.06 bits per heavy atom. The van der Waals surface area contributed by atoms with Gasteiger partial charge in [-0.05, 0) is 31.5 Å². The molecule has 0 saturated heterocycles. The minimum absolute atomic E-state index is 0.126. The Morgan fingerprint density at radius 3 is 2.56 bits per heavy atom. The minimum Gasteiger partial charge on any atom is -0.494 e. The third kappa shape index (κ3) is 2.23. The molecule has 0 aromatic heterocycles. The Hall–Kier alpha value is -1.38. The van der Waals surface area contributed by atoms with Gasteiger partial charge in [0, 0.05) is 11.8 Å². The predicted octanol–water partition coefficient (Wildman–Crippen LogP) is 3.09. The van der Waals surface area contributed by atoms with Crippen LogP contribution in [0.2, 0.25) is 0 Å². The number of carbonyl (C=O) groups excluding carboxylic acids is 1. The highest BCUT2D eigenvalue weighted by Gasteiger charge is 2.28. The molecule has 2 nitrogen and oxygen atoms in total. The van der Waals surface area contributed by atoms with Crippen molar-refractivity contribution in [2.45, 2.75) is 32.6 Å². The lowest BCUT2D eigenvalue weighted by molar-refractivity contribution is -0.123. The first kappa shape index (κ1) is 12.7. The van der Waals surface area contributed by atoms with E-state index in [1.165, 1.54) is 13.2 Å². The Morgan fingerprint density at radius 1 is 1.44 bits per heavy atom. The molecule has 0 amide bonds. The van der Waals surface area contributed by atoms with Gasteiger partial charge in [0.15, 0.2) is 11.6 Å². The molecule has 0 aliphatic heterocycles. The second-order valence-corrected chi connectivity index (χ2v) is 4.25. The van der Waals surface area contributed by atoms with E-state index < -0.39 is 11.2 Å². The number of halogens is 1. The summed E-state index contributed by atoms with van der Waals surface area (Å²) in [4.78, 5) is 11.8. The molecule has 3 heteroatoms. The summed E-state index contributed by atoms with van der Waals surface area (Å²) in [6.07, 6.45) is 0.465. The van der Waals surface area contributed by atoms with Crippen molar-refractivity contribution >= 4 is 5.78 Å². The maximum absolute atomic E-state index is 13.2. The second-order valence-electron chi connectivity index (χ2n) is 4.25. The molecule has 0 aliphatic carbocycles. The van der Waals surface area contributed by atoms with Gasteiger partial charge in [-0.1, -0.05) is 13.0 Å². The van der Waals surface area contributed by atoms with Crippen molar-refractivity contribution in [2.24, 2.45) is 0 Å². The Balaban J connectivity index is 3.18. The van der Waals surface area contributed by atoms with E-state index in [9.17, 15) is 9.18 Å². The lowest BCUT2D eigenvalue weighted by Crippen LogP contribution is -2.28. The largest absolute Gasteiger partial charge is 0.494 e. The lowest BCUT2D eigenvalue weighted by Gasteiger charge is -2.23. The van der Waals surface area contributed by atoms with E-state index in [2.05, 4.69) is 0 Å². The topological polar surface area (TPSA) is 26.3 Å². The molecule has 0 fully saturated rings. The summed E-state index contributed by atoms with van der Waals surface area (Å²) in [5, 5.41) is 0. The average molecular weight is 224 g/mol. The molecule has 16 heavy (non-hydrogen) atoms. The van der Waals surface area contributed by atoms with Crippen molar-refractivity contribution in [3.05, 3.63) is 29.6 Å². The molecule has 0 unspecified atom stereocenters. The molecule has 0 N–H and O–H groups in total. The highest BCUT2D eigenvalue weighted by Crippen LogP contribution is 2.29. The van der Waals surface area contributed by atoms with E-state index >= 15 is 0 Å². The predicted molar refractivity (Wildman–Crippen MR) is 61.3 cm³/mol. The normalized spacial score (nSPS) is 11.3. The van der Waals surface area contributed by atoms with Gasteiger partial charge in [-0.2, -0.15) is 0 Å². The Kier molecular flexibility index (Phi) is 3.68. The molecular weight excluding hydrogens is 207 g/mol. The van der Waals surface area contributed by atoms with Crippen molar-refractivity contribution in [1.82, 2.24) is 0 Å². The summed E-state index contributed by atoms with van der Waals surface area (Å²) < 4.78 is 18.1. The molecule has 0 bridgehead atoms. The van der Waals surface area contributed by atoms with Gasteiger partial charge < -0.3 is 4.74 Å². The van der Waals surface area contributed by atoms with Crippen molar-refractivity contribution in [3.8, 4) is 5.75 Å². The molecule has 1 aromatic rings. The van der Waals surface area contributed by atoms with Crippen molar-refractivity contribution in [1.29, 1.82) is 0 Å². The number of hydrogen-bond acceptors (Lipinski definition) is 2. The number of ether oxygens (including phenoxy) is 1. The van der Waals surface area contributed by atoms with Crippen molar-refractivity contribution < 1.29 is 13.9 Å². The van der Waals surface area contributed by atoms with Crippen LogP contribution >= 0.6 is 0 Å². The van der Waals surface area contributed by atoms with Gasteiger partial charge in [0.1, 0.15) is 5.78 Å². The number of ketones is 1. The summed E-state index contributed by atoms with van der Waals surface area (Å²) in [6.45, 7) is 5.50. The van der Waals surface area contributed by atoms with Crippen LogP contribution in [0.15, 0.2) is 18.2 Å². The van der Waals surface area contributed by atoms with Gasteiger partial charge in [0.2, 0.25) is 0 Å². The molecule has 0 heterocycles. The van der Waals surface area contributed by atoms with Crippen LogP contribution in [-0.2, 0) is 10.2 Å². The first-order valence-corrected chi connectivity index (χ1v) is 5.30. The van der Waals surface area contributed by atoms with Crippen LogP contribution in [-0.4, -0.2) is 12.9 Å². The van der Waals surface area contributed by atoms with E-state index in [4.69, 9.17) is 4.74 Å². The van der Waals surface area contributed by atoms with Crippen LogP contribution in [0.1, 0.15) is 32.8 Å². The van der Waals surface area contributed by atoms with Gasteiger partial charge in [-0.15, -0.1) is 0 Å². The van der Waals surface area contributed by atoms with E-state index in [-0.39, 0.29) is 11.5 Å². The summed E-state index contributed by atoms with van der Waals surface area (Å²) in [5.41, 5.74) is 0.174. The first-order valence-electron chi connectivity index (χ1n) is 5.30. The van der Waals surface area contributed by atoms with Gasteiger partial charge in [-0.25, -0.2) is 4.39 Å². The highest BCUT2D eigenvalue weighted by atomic mass is 19.1. The molecular formula is C13H17FO2. The quantitative estimate of drug-likeness (QED) is 0.785. The summed E-state index contributed by atoms with van der Waals surface area (Å²) in [7, 11) is 1.41. The number of methoxy groups -OCH3 is 1. The van der Waals surface area contributed by atoms with Crippen molar-refractivity contribution in [3.63, 3.8) is 0 Å². The second kappa shape index (κ2) is 4.64. The smallest absolute Gasteiger partial charge is 0.165 e. The maximum atomic E-state index is 13.2. The molecule has 0 spiro atoms. The lowest BCUT2D eigenvalue weighted by atomic mass is 9.79. The van der Waals surface area contributed by atoms with Crippen LogP contribution in [0.3, 0.4) is 0 Å². The summed E-state index contributed by atoms with van der Waals surface area (Å²) in [5.74, 6) is -0.110. The van der Waals surface area contributed by atoms with Gasteiger partial charge in [0.05, 0.1) is 7.11 Å². The van der Waals surface area contributed by atoms with Gasteiger partial charge in [-0.3, -0.25) is 4.79 Å². The number of carbonyl (C=O) groups is 1. The zero-order chi connectivity index (χ0) is 12.3. The number of benzene rings is 1. The standard InChI is InChI=1S/C13H17FO2/c1-5-12(15)13(2,3)9-6-7-10(14)11(8-9)16-4/h6-8H,5H2,1-4H3. The summed E-state index contributed by atoms with van der Waals surface area (Å²) in [6, 6.07) is 4.55. The fraction of sp³-hybridized carbons (Fsp3) is 0.462. The monoisotopic (exact) mass is 224 g/mol. The third-order valence-corrected chi connectivity index (χ3v) is 2.89. The van der Waals surface area contributed by atoms with E-state index in [1.807, 2.05) is 20.8 Å². The van der Waals surface area contributed by atoms with E-state index in [0.717, 1.165) is 5.56 Å². The minimum atomic E-state index is -0.601. The first-order chi connectivity index (χ1) is 7.43. The van der Waals surface area contributed by atoms with Crippen LogP contribution in [0.4, 0.5) is 4.39 Å². The Bertz CT molecular complexity index is 397. The molecule has 0 saturated carbocycles. The van der Waals surface area contributed by atoms with Gasteiger partial charge in [0.25, 0.3) is 0 Å². The SMILES string of the molecule is CCC(=O)C(C)(C)c1ccc(F)c(OC)c1. The van der Waals surface area contributed by atoms with E-state index in [0.29, 0.717) is 6.42 Å². The average Bonchev–Trinajstić information content (AvgIpc) is 2.28. The zero-order valence-electron chi connectivity index (χ0n) is 10.1. The van der Waals surface area contributed by atoms with Crippen molar-refractivity contribution in [2.75, 3.05) is 7.11 Å². The van der Waals surface area contributed by atoms with E-state index in [1.54, 1.807) is 12.1 Å². The van der Waals surface area contributed by atoms with Crippen LogP contribution in [0.5, 0.6) is 5.75 Å².